The molecule has 2 N–H and O–H groups in total. The van der Waals surface area contributed by atoms with Crippen molar-refractivity contribution in [1.82, 2.24) is 14.9 Å². The molecule has 0 bridgehead atoms. The summed E-state index contributed by atoms with van der Waals surface area (Å²) >= 11 is 5.86. The maximum absolute atomic E-state index is 12.3. The van der Waals surface area contributed by atoms with Crippen LogP contribution in [0.1, 0.15) is 13.8 Å². The number of carbonyl (C=O) groups is 1. The van der Waals surface area contributed by atoms with E-state index in [0.29, 0.717) is 30.6 Å². The molecular formula is C18H27ClN4O4S. The lowest BCUT2D eigenvalue weighted by molar-refractivity contribution is -0.145. The first kappa shape index (κ1) is 22.4. The van der Waals surface area contributed by atoms with Gasteiger partial charge in [0.05, 0.1) is 24.5 Å². The van der Waals surface area contributed by atoms with Crippen LogP contribution in [0.25, 0.3) is 0 Å². The van der Waals surface area contributed by atoms with Crippen molar-refractivity contribution in [2.24, 2.45) is 16.8 Å². The molecule has 8 nitrogen and oxygen atoms in total. The molecular weight excluding hydrogens is 404 g/mol. The summed E-state index contributed by atoms with van der Waals surface area (Å²) in [6.07, 6.45) is 0. The zero-order valence-electron chi connectivity index (χ0n) is 16.3. The van der Waals surface area contributed by atoms with E-state index in [1.807, 2.05) is 18.7 Å². The second-order valence-corrected chi connectivity index (χ2v) is 8.81. The van der Waals surface area contributed by atoms with Crippen molar-refractivity contribution in [2.75, 3.05) is 39.8 Å². The quantitative estimate of drug-likeness (QED) is 0.293. The van der Waals surface area contributed by atoms with Crippen LogP contribution < -0.4 is 10.0 Å². The van der Waals surface area contributed by atoms with E-state index < -0.39 is 10.0 Å². The second-order valence-electron chi connectivity index (χ2n) is 6.60. The van der Waals surface area contributed by atoms with E-state index >= 15 is 0 Å². The first-order valence-electron chi connectivity index (χ1n) is 9.14. The van der Waals surface area contributed by atoms with E-state index in [4.69, 9.17) is 16.3 Å². The number of rotatable bonds is 7. The molecule has 1 saturated heterocycles. The minimum Gasteiger partial charge on any atom is -0.469 e. The molecule has 0 aromatic heterocycles. The van der Waals surface area contributed by atoms with E-state index in [9.17, 15) is 13.2 Å². The van der Waals surface area contributed by atoms with Crippen LogP contribution in [-0.4, -0.2) is 65.1 Å². The number of esters is 1. The molecule has 1 aliphatic rings. The van der Waals surface area contributed by atoms with Crippen LogP contribution in [0.5, 0.6) is 0 Å². The molecule has 2 atom stereocenters. The van der Waals surface area contributed by atoms with E-state index in [0.717, 1.165) is 0 Å². The number of sulfonamides is 1. The van der Waals surface area contributed by atoms with Crippen LogP contribution in [-0.2, 0) is 19.6 Å². The summed E-state index contributed by atoms with van der Waals surface area (Å²) in [5.74, 6) is 0.385. The molecule has 0 spiro atoms. The third-order valence-electron chi connectivity index (χ3n) is 4.52. The lowest BCUT2D eigenvalue weighted by Gasteiger charge is -2.21. The van der Waals surface area contributed by atoms with Gasteiger partial charge in [-0.25, -0.2) is 13.1 Å². The van der Waals surface area contributed by atoms with Gasteiger partial charge in [0.25, 0.3) is 0 Å². The molecule has 0 radical (unpaired) electrons. The standard InChI is InChI=1S/C18H27ClN4O4S/c1-4-20-18(23-11-13(2)16(12-23)17(24)27-3)21-8-9-22-28(25,26)15-7-5-6-14(19)10-15/h5-7,10,13,16,22H,4,8-9,11-12H2,1-3H3,(H,20,21). The SMILES string of the molecule is CCNC(=NCCNS(=O)(=O)c1cccc(Cl)c1)N1CC(C)C(C(=O)OC)C1. The summed E-state index contributed by atoms with van der Waals surface area (Å²) in [4.78, 5) is 18.5. The lowest BCUT2D eigenvalue weighted by Crippen LogP contribution is -2.41. The number of hydrogen-bond acceptors (Lipinski definition) is 5. The molecule has 2 rings (SSSR count). The van der Waals surface area contributed by atoms with Gasteiger partial charge in [0.2, 0.25) is 10.0 Å². The van der Waals surface area contributed by atoms with Gasteiger partial charge in [0.1, 0.15) is 0 Å². The van der Waals surface area contributed by atoms with Crippen molar-refractivity contribution in [3.63, 3.8) is 0 Å². The maximum atomic E-state index is 12.3. The highest BCUT2D eigenvalue weighted by Gasteiger charge is 2.36. The van der Waals surface area contributed by atoms with E-state index in [1.165, 1.54) is 19.2 Å². The van der Waals surface area contributed by atoms with E-state index in [2.05, 4.69) is 15.0 Å². The smallest absolute Gasteiger partial charge is 0.310 e. The van der Waals surface area contributed by atoms with Gasteiger partial charge in [-0.2, -0.15) is 0 Å². The molecule has 0 amide bonds. The third-order valence-corrected chi connectivity index (χ3v) is 6.22. The predicted molar refractivity (Wildman–Crippen MR) is 109 cm³/mol. The Bertz CT molecular complexity index is 816. The van der Waals surface area contributed by atoms with Crippen molar-refractivity contribution in [3.05, 3.63) is 29.3 Å². The molecule has 1 aromatic carbocycles. The molecule has 1 aromatic rings. The fourth-order valence-electron chi connectivity index (χ4n) is 3.08. The number of hydrogen-bond donors (Lipinski definition) is 2. The molecule has 1 aliphatic heterocycles. The molecule has 0 saturated carbocycles. The van der Waals surface area contributed by atoms with Gasteiger partial charge < -0.3 is 15.0 Å². The summed E-state index contributed by atoms with van der Waals surface area (Å²) in [5, 5.41) is 3.55. The monoisotopic (exact) mass is 430 g/mol. The Hall–Kier alpha value is -1.84. The molecule has 156 valence electrons. The largest absolute Gasteiger partial charge is 0.469 e. The topological polar surface area (TPSA) is 100 Å². The van der Waals surface area contributed by atoms with Crippen molar-refractivity contribution >= 4 is 33.6 Å². The van der Waals surface area contributed by atoms with Gasteiger partial charge in [0.15, 0.2) is 5.96 Å². The van der Waals surface area contributed by atoms with Crippen LogP contribution in [0, 0.1) is 11.8 Å². The van der Waals surface area contributed by atoms with Gasteiger partial charge in [-0.3, -0.25) is 9.79 Å². The Morgan fingerprint density at radius 1 is 1.39 bits per heavy atom. The maximum Gasteiger partial charge on any atom is 0.310 e. The first-order chi connectivity index (χ1) is 13.3. The number of halogens is 1. The molecule has 0 aliphatic carbocycles. The van der Waals surface area contributed by atoms with Gasteiger partial charge in [-0.1, -0.05) is 24.6 Å². The Balaban J connectivity index is 1.97. The zero-order chi connectivity index (χ0) is 20.7. The van der Waals surface area contributed by atoms with Crippen molar-refractivity contribution < 1.29 is 17.9 Å². The number of nitrogens with one attached hydrogen (secondary N) is 2. The number of likely N-dealkylation sites (tertiary alicyclic amines) is 1. The minimum absolute atomic E-state index is 0.116. The van der Waals surface area contributed by atoms with Gasteiger partial charge in [-0.05, 0) is 31.0 Å². The summed E-state index contributed by atoms with van der Waals surface area (Å²) in [7, 11) is -2.25. The van der Waals surface area contributed by atoms with Crippen LogP contribution in [0.3, 0.4) is 0 Å². The zero-order valence-corrected chi connectivity index (χ0v) is 17.9. The molecule has 10 heteroatoms. The average molecular weight is 431 g/mol. The minimum atomic E-state index is -3.64. The summed E-state index contributed by atoms with van der Waals surface area (Å²) in [5.41, 5.74) is 0. The van der Waals surface area contributed by atoms with Crippen LogP contribution in [0.2, 0.25) is 5.02 Å². The van der Waals surface area contributed by atoms with Gasteiger partial charge in [-0.15, -0.1) is 0 Å². The van der Waals surface area contributed by atoms with Crippen molar-refractivity contribution in [1.29, 1.82) is 0 Å². The third kappa shape index (κ3) is 5.83. The summed E-state index contributed by atoms with van der Waals surface area (Å²) in [6, 6.07) is 6.09. The Morgan fingerprint density at radius 2 is 2.14 bits per heavy atom. The lowest BCUT2D eigenvalue weighted by atomic mass is 9.99. The number of carbonyl (C=O) groups excluding carboxylic acids is 1. The normalized spacial score (nSPS) is 20.3. The molecule has 28 heavy (non-hydrogen) atoms. The number of aliphatic imine (C=N–C) groups is 1. The highest BCUT2D eigenvalue weighted by molar-refractivity contribution is 7.89. The van der Waals surface area contributed by atoms with Crippen molar-refractivity contribution in [2.45, 2.75) is 18.7 Å². The molecule has 1 fully saturated rings. The van der Waals surface area contributed by atoms with E-state index in [1.54, 1.807) is 12.1 Å². The first-order valence-corrected chi connectivity index (χ1v) is 11.0. The Kier molecular flexibility index (Phi) is 8.09. The fraction of sp³-hybridized carbons (Fsp3) is 0.556. The average Bonchev–Trinajstić information content (AvgIpc) is 3.05. The Morgan fingerprint density at radius 3 is 2.79 bits per heavy atom. The second kappa shape index (κ2) is 10.1. The summed E-state index contributed by atoms with van der Waals surface area (Å²) < 4.78 is 32.0. The van der Waals surface area contributed by atoms with Crippen LogP contribution >= 0.6 is 11.6 Å². The van der Waals surface area contributed by atoms with Crippen LogP contribution in [0.15, 0.2) is 34.2 Å². The highest BCUT2D eigenvalue weighted by atomic mass is 35.5. The number of methoxy groups -OCH3 is 1. The highest BCUT2D eigenvalue weighted by Crippen LogP contribution is 2.24. The molecule has 1 heterocycles. The Labute approximate surface area is 171 Å². The fourth-order valence-corrected chi connectivity index (χ4v) is 4.40. The van der Waals surface area contributed by atoms with Crippen molar-refractivity contribution in [3.8, 4) is 0 Å². The number of benzene rings is 1. The predicted octanol–water partition coefficient (Wildman–Crippen LogP) is 1.32. The molecule has 2 unspecified atom stereocenters. The van der Waals surface area contributed by atoms with Crippen LogP contribution in [0.4, 0.5) is 0 Å². The van der Waals surface area contributed by atoms with E-state index in [-0.39, 0.29) is 35.8 Å². The van der Waals surface area contributed by atoms with Gasteiger partial charge >= 0.3 is 5.97 Å². The summed E-state index contributed by atoms with van der Waals surface area (Å²) in [6.45, 7) is 6.23. The number of guanidine groups is 1. The van der Waals surface area contributed by atoms with Gasteiger partial charge in [0, 0.05) is 31.2 Å². The number of nitrogens with zero attached hydrogens (tertiary/aromatic N) is 2. The number of ether oxygens (including phenoxy) is 1.